The Balaban J connectivity index is 1.61. The van der Waals surface area contributed by atoms with Crippen molar-refractivity contribution in [3.8, 4) is 0 Å². The van der Waals surface area contributed by atoms with Gasteiger partial charge in [0.15, 0.2) is 0 Å². The highest BCUT2D eigenvalue weighted by Gasteiger charge is 2.37. The number of nitrogens with zero attached hydrogens (tertiary/aromatic N) is 1. The highest BCUT2D eigenvalue weighted by Crippen LogP contribution is 2.29. The lowest BCUT2D eigenvalue weighted by atomic mass is 9.86. The lowest BCUT2D eigenvalue weighted by molar-refractivity contribution is -0.120. The minimum atomic E-state index is -3.32. The Morgan fingerprint density at radius 1 is 1.00 bits per heavy atom. The molecule has 164 valence electrons. The average Bonchev–Trinajstić information content (AvgIpc) is 2.92. The predicted octanol–water partition coefficient (Wildman–Crippen LogP) is 2.52. The summed E-state index contributed by atoms with van der Waals surface area (Å²) in [4.78, 5) is 38.8. The Labute approximate surface area is 177 Å². The molecule has 2 N–H and O–H groups in total. The van der Waals surface area contributed by atoms with Crippen LogP contribution in [0.4, 0.5) is 5.69 Å². The molecular weight excluding hydrogens is 406 g/mol. The van der Waals surface area contributed by atoms with Crippen molar-refractivity contribution in [1.29, 1.82) is 0 Å². The van der Waals surface area contributed by atoms with Crippen LogP contribution in [0.3, 0.4) is 0 Å². The Kier molecular flexibility index (Phi) is 6.33. The van der Waals surface area contributed by atoms with Gasteiger partial charge < -0.3 is 5.32 Å². The molecule has 1 aliphatic carbocycles. The molecule has 1 saturated carbocycles. The van der Waals surface area contributed by atoms with E-state index in [2.05, 4.69) is 10.0 Å². The summed E-state index contributed by atoms with van der Waals surface area (Å²) in [6.45, 7) is 6.83. The molecule has 1 heterocycles. The molecule has 0 unspecified atom stereocenters. The highest BCUT2D eigenvalue weighted by molar-refractivity contribution is 7.90. The summed E-state index contributed by atoms with van der Waals surface area (Å²) in [6.07, 6.45) is 2.37. The monoisotopic (exact) mass is 435 g/mol. The molecule has 3 rings (SSSR count). The fourth-order valence-electron chi connectivity index (χ4n) is 3.89. The fourth-order valence-corrected chi connectivity index (χ4v) is 4.86. The first kappa shape index (κ1) is 22.4. The summed E-state index contributed by atoms with van der Waals surface area (Å²) in [6, 6.07) is 4.38. The van der Waals surface area contributed by atoms with Crippen LogP contribution in [0.2, 0.25) is 0 Å². The zero-order valence-electron chi connectivity index (χ0n) is 17.8. The molecule has 9 heteroatoms. The van der Waals surface area contributed by atoms with Crippen LogP contribution in [0.15, 0.2) is 18.2 Å². The molecule has 0 atom stereocenters. The number of sulfonamides is 1. The normalized spacial score (nSPS) is 22.0. The van der Waals surface area contributed by atoms with Gasteiger partial charge in [-0.3, -0.25) is 19.3 Å². The van der Waals surface area contributed by atoms with Gasteiger partial charge in [-0.2, -0.15) is 0 Å². The van der Waals surface area contributed by atoms with Gasteiger partial charge in [-0.05, 0) is 71.6 Å². The van der Waals surface area contributed by atoms with Crippen LogP contribution in [-0.4, -0.2) is 48.4 Å². The summed E-state index contributed by atoms with van der Waals surface area (Å²) >= 11 is 0. The van der Waals surface area contributed by atoms with Crippen LogP contribution in [0.5, 0.6) is 0 Å². The molecule has 0 saturated heterocycles. The molecule has 1 fully saturated rings. The molecule has 3 amide bonds. The van der Waals surface area contributed by atoms with Gasteiger partial charge in [0.25, 0.3) is 11.8 Å². The first-order valence-corrected chi connectivity index (χ1v) is 11.9. The second-order valence-electron chi connectivity index (χ2n) is 8.58. The van der Waals surface area contributed by atoms with E-state index in [0.29, 0.717) is 42.5 Å². The first-order chi connectivity index (χ1) is 14.0. The van der Waals surface area contributed by atoms with Crippen molar-refractivity contribution in [2.24, 2.45) is 5.92 Å². The van der Waals surface area contributed by atoms with E-state index in [4.69, 9.17) is 0 Å². The number of carbonyl (C=O) groups is 3. The number of imide groups is 1. The third kappa shape index (κ3) is 4.41. The van der Waals surface area contributed by atoms with Crippen LogP contribution in [0.1, 0.15) is 74.1 Å². The van der Waals surface area contributed by atoms with E-state index < -0.39 is 15.3 Å². The van der Waals surface area contributed by atoms with Gasteiger partial charge in [-0.1, -0.05) is 0 Å². The lowest BCUT2D eigenvalue weighted by Gasteiger charge is -2.28. The van der Waals surface area contributed by atoms with Crippen LogP contribution in [0, 0.1) is 5.92 Å². The minimum absolute atomic E-state index is 0.146. The van der Waals surface area contributed by atoms with Gasteiger partial charge in [-0.25, -0.2) is 13.1 Å². The van der Waals surface area contributed by atoms with E-state index in [1.807, 2.05) is 0 Å². The lowest BCUT2D eigenvalue weighted by Crippen LogP contribution is -2.42. The Morgan fingerprint density at radius 3 is 2.17 bits per heavy atom. The number of amides is 3. The van der Waals surface area contributed by atoms with Gasteiger partial charge in [0.1, 0.15) is 0 Å². The molecule has 0 spiro atoms. The average molecular weight is 436 g/mol. The van der Waals surface area contributed by atoms with Crippen LogP contribution >= 0.6 is 0 Å². The van der Waals surface area contributed by atoms with Crippen molar-refractivity contribution < 1.29 is 22.8 Å². The number of fused-ring (bicyclic) bond motifs is 1. The summed E-state index contributed by atoms with van der Waals surface area (Å²) in [5.41, 5.74) is 1.14. The maximum Gasteiger partial charge on any atom is 0.261 e. The number of benzene rings is 1. The van der Waals surface area contributed by atoms with Crippen LogP contribution in [0.25, 0.3) is 0 Å². The van der Waals surface area contributed by atoms with Gasteiger partial charge >= 0.3 is 0 Å². The zero-order valence-corrected chi connectivity index (χ0v) is 18.6. The number of nitrogens with one attached hydrogen (secondary N) is 2. The third-order valence-corrected chi connectivity index (χ3v) is 7.65. The van der Waals surface area contributed by atoms with E-state index in [-0.39, 0.29) is 35.7 Å². The number of carbonyl (C=O) groups excluding carboxylic acids is 3. The first-order valence-electron chi connectivity index (χ1n) is 10.3. The van der Waals surface area contributed by atoms with Gasteiger partial charge in [-0.15, -0.1) is 0 Å². The Bertz CT molecular complexity index is 963. The molecule has 8 nitrogen and oxygen atoms in total. The second kappa shape index (κ2) is 8.47. The standard InChI is InChI=1S/C21H29N3O5S/c1-12(2)24-20(26)17-10-9-16(11-18(17)21(24)27)22-19(25)14-5-7-15(8-6-14)23-30(28,29)13(3)4/h9-15,23H,5-8H2,1-4H3,(H,22,25)/t14-,15-. The molecule has 2 aliphatic rings. The van der Waals surface area contributed by atoms with E-state index in [9.17, 15) is 22.8 Å². The van der Waals surface area contributed by atoms with Crippen molar-refractivity contribution >= 4 is 33.4 Å². The second-order valence-corrected chi connectivity index (χ2v) is 10.9. The molecule has 1 aliphatic heterocycles. The quantitative estimate of drug-likeness (QED) is 0.667. The molecule has 30 heavy (non-hydrogen) atoms. The minimum Gasteiger partial charge on any atom is -0.326 e. The maximum absolute atomic E-state index is 12.7. The molecule has 0 aromatic heterocycles. The summed E-state index contributed by atoms with van der Waals surface area (Å²) < 4.78 is 26.8. The molecule has 0 bridgehead atoms. The maximum atomic E-state index is 12.7. The van der Waals surface area contributed by atoms with Gasteiger partial charge in [0, 0.05) is 23.7 Å². The highest BCUT2D eigenvalue weighted by atomic mass is 32.2. The number of anilines is 1. The van der Waals surface area contributed by atoms with E-state index >= 15 is 0 Å². The molecule has 0 radical (unpaired) electrons. The van der Waals surface area contributed by atoms with E-state index in [0.717, 1.165) is 0 Å². The van der Waals surface area contributed by atoms with Crippen molar-refractivity contribution in [1.82, 2.24) is 9.62 Å². The van der Waals surface area contributed by atoms with Crippen molar-refractivity contribution in [2.75, 3.05) is 5.32 Å². The predicted molar refractivity (Wildman–Crippen MR) is 114 cm³/mol. The Hall–Kier alpha value is -2.26. The zero-order chi connectivity index (χ0) is 22.2. The smallest absolute Gasteiger partial charge is 0.261 e. The SMILES string of the molecule is CC(C)N1C(=O)c2ccc(NC(=O)[C@H]3CC[C@H](NS(=O)(=O)C(C)C)CC3)cc2C1=O. The number of rotatable bonds is 6. The van der Waals surface area contributed by atoms with E-state index in [1.54, 1.807) is 45.9 Å². The largest absolute Gasteiger partial charge is 0.326 e. The van der Waals surface area contributed by atoms with Gasteiger partial charge in [0.05, 0.1) is 16.4 Å². The fraction of sp³-hybridized carbons (Fsp3) is 0.571. The van der Waals surface area contributed by atoms with Gasteiger partial charge in [0.2, 0.25) is 15.9 Å². The topological polar surface area (TPSA) is 113 Å². The number of hydrogen-bond donors (Lipinski definition) is 2. The Morgan fingerprint density at radius 2 is 1.60 bits per heavy atom. The third-order valence-electron chi connectivity index (χ3n) is 5.75. The molecular formula is C21H29N3O5S. The number of hydrogen-bond acceptors (Lipinski definition) is 5. The summed E-state index contributed by atoms with van der Waals surface area (Å²) in [7, 11) is -3.32. The summed E-state index contributed by atoms with van der Waals surface area (Å²) in [5.74, 6) is -1.04. The summed E-state index contributed by atoms with van der Waals surface area (Å²) in [5, 5.41) is 2.36. The van der Waals surface area contributed by atoms with E-state index in [1.165, 1.54) is 4.90 Å². The molecule has 1 aromatic carbocycles. The van der Waals surface area contributed by atoms with Crippen molar-refractivity contribution in [2.45, 2.75) is 70.7 Å². The van der Waals surface area contributed by atoms with Crippen molar-refractivity contribution in [3.63, 3.8) is 0 Å². The van der Waals surface area contributed by atoms with Crippen molar-refractivity contribution in [3.05, 3.63) is 29.3 Å². The molecule has 1 aromatic rings. The van der Waals surface area contributed by atoms with Crippen LogP contribution in [-0.2, 0) is 14.8 Å². The van der Waals surface area contributed by atoms with Crippen LogP contribution < -0.4 is 10.0 Å².